The van der Waals surface area contributed by atoms with E-state index < -0.39 is 0 Å². The monoisotopic (exact) mass is 321 g/mol. The highest BCUT2D eigenvalue weighted by Gasteiger charge is 1.97. The van der Waals surface area contributed by atoms with Gasteiger partial charge in [-0.05, 0) is 36.2 Å². The number of para-hydroxylation sites is 1. The summed E-state index contributed by atoms with van der Waals surface area (Å²) in [4.78, 5) is 8.69. The summed E-state index contributed by atoms with van der Waals surface area (Å²) in [6, 6.07) is 16.3. The number of anilines is 1. The van der Waals surface area contributed by atoms with Gasteiger partial charge in [-0.2, -0.15) is 0 Å². The van der Waals surface area contributed by atoms with E-state index in [-0.39, 0.29) is 24.8 Å². The van der Waals surface area contributed by atoms with Crippen LogP contribution in [0, 0.1) is 0 Å². The third kappa shape index (κ3) is 4.59. The molecule has 1 N–H and O–H groups in total. The predicted octanol–water partition coefficient (Wildman–Crippen LogP) is 4.13. The van der Waals surface area contributed by atoms with E-state index >= 15 is 0 Å². The molecule has 0 aliphatic carbocycles. The fraction of sp³-hybridized carbons (Fsp3) is 0.125. The Balaban J connectivity index is 0.00000110. The van der Waals surface area contributed by atoms with Crippen LogP contribution in [-0.4, -0.2) is 16.5 Å². The lowest BCUT2D eigenvalue weighted by Gasteiger charge is -2.06. The molecule has 3 nitrogen and oxygen atoms in total. The van der Waals surface area contributed by atoms with Gasteiger partial charge in [0.1, 0.15) is 5.82 Å². The van der Waals surface area contributed by atoms with Crippen molar-refractivity contribution in [3.8, 4) is 0 Å². The number of nitrogens with one attached hydrogen (secondary N) is 1. The van der Waals surface area contributed by atoms with Crippen LogP contribution in [0.5, 0.6) is 0 Å². The highest BCUT2D eigenvalue weighted by molar-refractivity contribution is 5.85. The Morgan fingerprint density at radius 1 is 0.905 bits per heavy atom. The fourth-order valence-electron chi connectivity index (χ4n) is 2.05. The van der Waals surface area contributed by atoms with Crippen molar-refractivity contribution < 1.29 is 0 Å². The van der Waals surface area contributed by atoms with Crippen LogP contribution in [0.25, 0.3) is 10.9 Å². The molecular formula is C16H17Cl2N3. The zero-order valence-electron chi connectivity index (χ0n) is 11.4. The number of benzene rings is 1. The number of halogens is 2. The Labute approximate surface area is 136 Å². The molecule has 0 aliphatic heterocycles. The van der Waals surface area contributed by atoms with Gasteiger partial charge in [-0.15, -0.1) is 24.8 Å². The molecule has 0 saturated carbocycles. The van der Waals surface area contributed by atoms with Crippen molar-refractivity contribution in [1.82, 2.24) is 9.97 Å². The molecular weight excluding hydrogens is 305 g/mol. The van der Waals surface area contributed by atoms with Crippen LogP contribution in [-0.2, 0) is 6.42 Å². The summed E-state index contributed by atoms with van der Waals surface area (Å²) in [5.74, 6) is 0.919. The first kappa shape index (κ1) is 17.2. The molecule has 21 heavy (non-hydrogen) atoms. The number of fused-ring (bicyclic) bond motifs is 1. The minimum absolute atomic E-state index is 0. The first-order valence-electron chi connectivity index (χ1n) is 6.40. The van der Waals surface area contributed by atoms with Gasteiger partial charge in [-0.25, -0.2) is 4.98 Å². The highest BCUT2D eigenvalue weighted by Crippen LogP contribution is 2.14. The summed E-state index contributed by atoms with van der Waals surface area (Å²) in [6.45, 7) is 0.858. The third-order valence-electron chi connectivity index (χ3n) is 3.04. The maximum absolute atomic E-state index is 4.58. The van der Waals surface area contributed by atoms with E-state index in [0.717, 1.165) is 24.3 Å². The molecule has 0 unspecified atom stereocenters. The molecule has 2 heterocycles. The van der Waals surface area contributed by atoms with Crippen molar-refractivity contribution in [1.29, 1.82) is 0 Å². The van der Waals surface area contributed by atoms with Crippen LogP contribution in [0.3, 0.4) is 0 Å². The quantitative estimate of drug-likeness (QED) is 0.785. The minimum Gasteiger partial charge on any atom is -0.370 e. The van der Waals surface area contributed by atoms with E-state index in [1.165, 1.54) is 10.9 Å². The Morgan fingerprint density at radius 3 is 2.57 bits per heavy atom. The lowest BCUT2D eigenvalue weighted by molar-refractivity contribution is 0.996. The second-order valence-corrected chi connectivity index (χ2v) is 4.43. The molecule has 0 saturated heterocycles. The molecule has 0 radical (unpaired) electrons. The normalized spacial score (nSPS) is 9.52. The smallest absolute Gasteiger partial charge is 0.126 e. The van der Waals surface area contributed by atoms with Crippen LogP contribution < -0.4 is 5.32 Å². The zero-order chi connectivity index (χ0) is 12.9. The van der Waals surface area contributed by atoms with Crippen LogP contribution in [0.15, 0.2) is 60.9 Å². The van der Waals surface area contributed by atoms with E-state index in [9.17, 15) is 0 Å². The Bertz CT molecular complexity index is 674. The largest absolute Gasteiger partial charge is 0.370 e. The van der Waals surface area contributed by atoms with E-state index in [1.807, 2.05) is 36.5 Å². The first-order chi connectivity index (χ1) is 9.42. The predicted molar refractivity (Wildman–Crippen MR) is 92.7 cm³/mol. The summed E-state index contributed by atoms with van der Waals surface area (Å²) in [5, 5.41) is 4.51. The van der Waals surface area contributed by atoms with Gasteiger partial charge >= 0.3 is 0 Å². The highest BCUT2D eigenvalue weighted by atomic mass is 35.5. The topological polar surface area (TPSA) is 37.8 Å². The lowest BCUT2D eigenvalue weighted by atomic mass is 10.2. The van der Waals surface area contributed by atoms with Crippen LogP contribution >= 0.6 is 24.8 Å². The van der Waals surface area contributed by atoms with E-state index in [2.05, 4.69) is 33.5 Å². The molecule has 0 bridgehead atoms. The van der Waals surface area contributed by atoms with Gasteiger partial charge in [-0.1, -0.05) is 24.3 Å². The van der Waals surface area contributed by atoms with Gasteiger partial charge in [0, 0.05) is 24.3 Å². The number of rotatable bonds is 4. The van der Waals surface area contributed by atoms with Crippen molar-refractivity contribution in [2.75, 3.05) is 11.9 Å². The number of pyridine rings is 2. The van der Waals surface area contributed by atoms with Crippen LogP contribution in [0.4, 0.5) is 5.82 Å². The second kappa shape index (κ2) is 8.45. The standard InChI is InChI=1S/C16H15N3.2ClH/c1-2-6-15-14(5-1)7-8-16(19-15)18-11-9-13-4-3-10-17-12-13;;/h1-8,10,12H,9,11H2,(H,18,19);2*1H. The molecule has 0 atom stereocenters. The van der Waals surface area contributed by atoms with Gasteiger partial charge in [-0.3, -0.25) is 4.98 Å². The third-order valence-corrected chi connectivity index (χ3v) is 3.04. The summed E-state index contributed by atoms with van der Waals surface area (Å²) in [5.41, 5.74) is 2.25. The number of nitrogens with zero attached hydrogens (tertiary/aromatic N) is 2. The maximum atomic E-state index is 4.58. The van der Waals surface area contributed by atoms with Crippen molar-refractivity contribution in [3.05, 3.63) is 66.5 Å². The minimum atomic E-state index is 0. The number of hydrogen-bond acceptors (Lipinski definition) is 3. The first-order valence-corrected chi connectivity index (χ1v) is 6.40. The van der Waals surface area contributed by atoms with Crippen LogP contribution in [0.2, 0.25) is 0 Å². The average Bonchev–Trinajstić information content (AvgIpc) is 2.48. The van der Waals surface area contributed by atoms with Gasteiger partial charge in [0.05, 0.1) is 5.52 Å². The summed E-state index contributed by atoms with van der Waals surface area (Å²) < 4.78 is 0. The number of aromatic nitrogens is 2. The van der Waals surface area contributed by atoms with Crippen molar-refractivity contribution in [3.63, 3.8) is 0 Å². The molecule has 5 heteroatoms. The molecule has 3 rings (SSSR count). The molecule has 3 aromatic rings. The molecule has 1 aromatic carbocycles. The Kier molecular flexibility index (Phi) is 6.92. The van der Waals surface area contributed by atoms with E-state index in [0.29, 0.717) is 0 Å². The maximum Gasteiger partial charge on any atom is 0.126 e. The van der Waals surface area contributed by atoms with Crippen molar-refractivity contribution in [2.24, 2.45) is 0 Å². The average molecular weight is 322 g/mol. The molecule has 0 spiro atoms. The molecule has 0 fully saturated rings. The lowest BCUT2D eigenvalue weighted by Crippen LogP contribution is -2.06. The van der Waals surface area contributed by atoms with E-state index in [1.54, 1.807) is 6.20 Å². The fourth-order valence-corrected chi connectivity index (χ4v) is 2.05. The van der Waals surface area contributed by atoms with Gasteiger partial charge < -0.3 is 5.32 Å². The molecule has 110 valence electrons. The van der Waals surface area contributed by atoms with Crippen molar-refractivity contribution in [2.45, 2.75) is 6.42 Å². The Morgan fingerprint density at radius 2 is 1.76 bits per heavy atom. The van der Waals surface area contributed by atoms with Crippen LogP contribution in [0.1, 0.15) is 5.56 Å². The molecule has 2 aromatic heterocycles. The van der Waals surface area contributed by atoms with Gasteiger partial charge in [0.2, 0.25) is 0 Å². The van der Waals surface area contributed by atoms with E-state index in [4.69, 9.17) is 0 Å². The SMILES string of the molecule is Cl.Cl.c1cncc(CCNc2ccc3ccccc3n2)c1. The summed E-state index contributed by atoms with van der Waals surface area (Å²) in [7, 11) is 0. The molecule has 0 aliphatic rings. The summed E-state index contributed by atoms with van der Waals surface area (Å²) >= 11 is 0. The number of hydrogen-bond donors (Lipinski definition) is 1. The van der Waals surface area contributed by atoms with Crippen molar-refractivity contribution >= 4 is 41.5 Å². The zero-order valence-corrected chi connectivity index (χ0v) is 13.0. The van der Waals surface area contributed by atoms with Gasteiger partial charge in [0.25, 0.3) is 0 Å². The molecule has 0 amide bonds. The second-order valence-electron chi connectivity index (χ2n) is 4.43. The summed E-state index contributed by atoms with van der Waals surface area (Å²) in [6.07, 6.45) is 4.64. The Hall–Kier alpha value is -1.84. The van der Waals surface area contributed by atoms with Gasteiger partial charge in [0.15, 0.2) is 0 Å².